The van der Waals surface area contributed by atoms with E-state index in [1.807, 2.05) is 23.8 Å². The average Bonchev–Trinajstić information content (AvgIpc) is 3.52. The van der Waals surface area contributed by atoms with E-state index in [0.717, 1.165) is 59.2 Å². The molecule has 1 saturated heterocycles. The summed E-state index contributed by atoms with van der Waals surface area (Å²) in [6.07, 6.45) is 9.06. The summed E-state index contributed by atoms with van der Waals surface area (Å²) in [5.74, 6) is 0.776. The fourth-order valence-corrected chi connectivity index (χ4v) is 4.45. The van der Waals surface area contributed by atoms with Gasteiger partial charge in [-0.25, -0.2) is 19.5 Å². The van der Waals surface area contributed by atoms with Gasteiger partial charge in [0.15, 0.2) is 5.65 Å². The van der Waals surface area contributed by atoms with Gasteiger partial charge in [-0.15, -0.1) is 0 Å². The number of nitrogens with one attached hydrogen (secondary N) is 1. The van der Waals surface area contributed by atoms with Gasteiger partial charge in [0.1, 0.15) is 6.33 Å². The monoisotopic (exact) mass is 417 g/mol. The van der Waals surface area contributed by atoms with Crippen LogP contribution in [0.2, 0.25) is 0 Å². The van der Waals surface area contributed by atoms with E-state index >= 15 is 0 Å². The van der Waals surface area contributed by atoms with Crippen molar-refractivity contribution >= 4 is 28.3 Å². The van der Waals surface area contributed by atoms with Gasteiger partial charge in [-0.05, 0) is 55.7 Å². The largest absolute Gasteiger partial charge is 0.381 e. The molecule has 2 aliphatic rings. The average molecular weight is 417 g/mol. The number of hydrogen-bond acceptors (Lipinski definition) is 7. The van der Waals surface area contributed by atoms with Gasteiger partial charge in [0.05, 0.1) is 29.1 Å². The van der Waals surface area contributed by atoms with Crippen LogP contribution in [0.1, 0.15) is 48.8 Å². The number of anilines is 2. The first-order chi connectivity index (χ1) is 15.2. The zero-order chi connectivity index (χ0) is 20.9. The molecule has 9 nitrogen and oxygen atoms in total. The van der Waals surface area contributed by atoms with Crippen molar-refractivity contribution in [1.29, 1.82) is 0 Å². The first kappa shape index (κ1) is 18.4. The Bertz CT molecular complexity index is 1350. The molecule has 0 atom stereocenters. The molecule has 2 fully saturated rings. The SMILES string of the molecule is Cc1cc2ncnn2cc1Nc1ncc2c(n1)c(C1CCOCC1)cc(=O)n2C1CC1. The minimum Gasteiger partial charge on any atom is -0.381 e. The molecule has 0 spiro atoms. The van der Waals surface area contributed by atoms with Gasteiger partial charge in [-0.2, -0.15) is 5.10 Å². The van der Waals surface area contributed by atoms with Crippen molar-refractivity contribution in [2.24, 2.45) is 0 Å². The molecule has 5 heterocycles. The Balaban J connectivity index is 1.47. The Morgan fingerprint density at radius 2 is 1.97 bits per heavy atom. The smallest absolute Gasteiger partial charge is 0.251 e. The molecule has 0 amide bonds. The summed E-state index contributed by atoms with van der Waals surface area (Å²) in [5.41, 5.74) is 5.42. The van der Waals surface area contributed by atoms with Crippen LogP contribution in [-0.2, 0) is 4.74 Å². The van der Waals surface area contributed by atoms with Crippen LogP contribution in [0.15, 0.2) is 35.6 Å². The highest BCUT2D eigenvalue weighted by molar-refractivity contribution is 5.80. The summed E-state index contributed by atoms with van der Waals surface area (Å²) in [5, 5.41) is 7.54. The molecule has 0 bridgehead atoms. The molecule has 1 aliphatic carbocycles. The van der Waals surface area contributed by atoms with Gasteiger partial charge in [-0.1, -0.05) is 0 Å². The highest BCUT2D eigenvalue weighted by Crippen LogP contribution is 2.38. The molecule has 158 valence electrons. The molecule has 1 saturated carbocycles. The molecule has 31 heavy (non-hydrogen) atoms. The second-order valence-corrected chi connectivity index (χ2v) is 8.41. The summed E-state index contributed by atoms with van der Waals surface area (Å²) in [4.78, 5) is 26.6. The highest BCUT2D eigenvalue weighted by Gasteiger charge is 2.29. The molecule has 4 aromatic rings. The van der Waals surface area contributed by atoms with Crippen molar-refractivity contribution in [3.05, 3.63) is 52.3 Å². The van der Waals surface area contributed by atoms with Gasteiger partial charge < -0.3 is 14.6 Å². The summed E-state index contributed by atoms with van der Waals surface area (Å²) >= 11 is 0. The molecule has 1 aliphatic heterocycles. The van der Waals surface area contributed by atoms with Crippen LogP contribution in [-0.4, -0.2) is 42.3 Å². The third-order valence-corrected chi connectivity index (χ3v) is 6.26. The molecule has 0 aromatic carbocycles. The van der Waals surface area contributed by atoms with Crippen LogP contribution in [0, 0.1) is 6.92 Å². The first-order valence-corrected chi connectivity index (χ1v) is 10.7. The molecule has 6 rings (SSSR count). The van der Waals surface area contributed by atoms with Gasteiger partial charge in [0.25, 0.3) is 5.56 Å². The standard InChI is InChI=1S/C22H23N7O2/c1-13-8-19-24-12-25-28(19)11-17(13)26-22-23-10-18-21(27-22)16(14-4-6-31-7-5-14)9-20(30)29(18)15-2-3-15/h8-12,14-15H,2-7H2,1H3,(H,23,26,27). The second kappa shape index (κ2) is 7.12. The predicted molar refractivity (Wildman–Crippen MR) is 116 cm³/mol. The Morgan fingerprint density at radius 3 is 2.77 bits per heavy atom. The lowest BCUT2D eigenvalue weighted by Gasteiger charge is -2.24. The molecular formula is C22H23N7O2. The minimum atomic E-state index is 0.0493. The van der Waals surface area contributed by atoms with Crippen LogP contribution in [0.25, 0.3) is 16.7 Å². The first-order valence-electron chi connectivity index (χ1n) is 10.7. The molecule has 4 aromatic heterocycles. The van der Waals surface area contributed by atoms with E-state index in [2.05, 4.69) is 20.4 Å². The molecule has 0 unspecified atom stereocenters. The third kappa shape index (κ3) is 3.25. The van der Waals surface area contributed by atoms with E-state index in [-0.39, 0.29) is 17.5 Å². The van der Waals surface area contributed by atoms with Crippen molar-refractivity contribution in [1.82, 2.24) is 29.1 Å². The minimum absolute atomic E-state index is 0.0493. The van der Waals surface area contributed by atoms with Crippen LogP contribution >= 0.6 is 0 Å². The Labute approximate surface area is 178 Å². The van der Waals surface area contributed by atoms with Crippen molar-refractivity contribution in [3.63, 3.8) is 0 Å². The maximum absolute atomic E-state index is 12.9. The normalized spacial score (nSPS) is 17.5. The Morgan fingerprint density at radius 1 is 1.13 bits per heavy atom. The number of pyridine rings is 2. The maximum Gasteiger partial charge on any atom is 0.251 e. The van der Waals surface area contributed by atoms with E-state index < -0.39 is 0 Å². The van der Waals surface area contributed by atoms with E-state index in [4.69, 9.17) is 9.72 Å². The maximum atomic E-state index is 12.9. The van der Waals surface area contributed by atoms with E-state index in [1.54, 1.807) is 16.8 Å². The topological polar surface area (TPSA) is 99.2 Å². The predicted octanol–water partition coefficient (Wildman–Crippen LogP) is 3.12. The molecule has 1 N–H and O–H groups in total. The zero-order valence-electron chi connectivity index (χ0n) is 17.3. The van der Waals surface area contributed by atoms with Crippen molar-refractivity contribution in [2.75, 3.05) is 18.5 Å². The Kier molecular flexibility index (Phi) is 4.24. The van der Waals surface area contributed by atoms with Gasteiger partial charge >= 0.3 is 0 Å². The zero-order valence-corrected chi connectivity index (χ0v) is 17.3. The highest BCUT2D eigenvalue weighted by atomic mass is 16.5. The van der Waals surface area contributed by atoms with Crippen molar-refractivity contribution in [3.8, 4) is 0 Å². The lowest BCUT2D eigenvalue weighted by atomic mass is 9.91. The van der Waals surface area contributed by atoms with Crippen molar-refractivity contribution < 1.29 is 4.74 Å². The van der Waals surface area contributed by atoms with Crippen LogP contribution in [0.3, 0.4) is 0 Å². The third-order valence-electron chi connectivity index (χ3n) is 6.26. The quantitative estimate of drug-likeness (QED) is 0.545. The summed E-state index contributed by atoms with van der Waals surface area (Å²) < 4.78 is 9.12. The summed E-state index contributed by atoms with van der Waals surface area (Å²) in [6, 6.07) is 4.02. The Hall–Kier alpha value is -3.33. The fraction of sp³-hybridized carbons (Fsp3) is 0.409. The van der Waals surface area contributed by atoms with Gasteiger partial charge in [0.2, 0.25) is 5.95 Å². The van der Waals surface area contributed by atoms with E-state index in [0.29, 0.717) is 19.2 Å². The van der Waals surface area contributed by atoms with Crippen LogP contribution in [0.4, 0.5) is 11.6 Å². The number of aromatic nitrogens is 6. The fourth-order valence-electron chi connectivity index (χ4n) is 4.45. The van der Waals surface area contributed by atoms with Crippen LogP contribution < -0.4 is 10.9 Å². The van der Waals surface area contributed by atoms with Gasteiger partial charge in [-0.3, -0.25) is 4.79 Å². The van der Waals surface area contributed by atoms with Crippen LogP contribution in [0.5, 0.6) is 0 Å². The summed E-state index contributed by atoms with van der Waals surface area (Å²) in [6.45, 7) is 3.44. The van der Waals surface area contributed by atoms with E-state index in [1.165, 1.54) is 6.33 Å². The number of ether oxygens (including phenoxy) is 1. The van der Waals surface area contributed by atoms with Crippen molar-refractivity contribution in [2.45, 2.75) is 44.6 Å². The number of nitrogens with zero attached hydrogens (tertiary/aromatic N) is 6. The number of rotatable bonds is 4. The molecule has 0 radical (unpaired) electrons. The second-order valence-electron chi connectivity index (χ2n) is 8.41. The van der Waals surface area contributed by atoms with E-state index in [9.17, 15) is 4.79 Å². The van der Waals surface area contributed by atoms with Gasteiger partial charge in [0, 0.05) is 25.3 Å². The number of aryl methyl sites for hydroxylation is 1. The molecular weight excluding hydrogens is 394 g/mol. The summed E-state index contributed by atoms with van der Waals surface area (Å²) in [7, 11) is 0. The lowest BCUT2D eigenvalue weighted by Crippen LogP contribution is -2.23. The number of fused-ring (bicyclic) bond motifs is 2. The number of hydrogen-bond donors (Lipinski definition) is 1. The lowest BCUT2D eigenvalue weighted by molar-refractivity contribution is 0.0855. The molecule has 9 heteroatoms.